The quantitative estimate of drug-likeness (QED) is 0.865. The third-order valence-corrected chi connectivity index (χ3v) is 2.44. The molecule has 0 radical (unpaired) electrons. The number of carbonyl (C=O) groups excluding carboxylic acids is 1. The average molecular weight is 288 g/mol. The maximum Gasteiger partial charge on any atom is 0.406 e. The number of hydrogen-bond acceptors (Lipinski definition) is 4. The Kier molecular flexibility index (Phi) is 3.82. The molecule has 0 aliphatic heterocycles. The van der Waals surface area contributed by atoms with Gasteiger partial charge >= 0.3 is 12.3 Å². The number of carbonyl (C=O) groups is 1. The predicted octanol–water partition coefficient (Wildman–Crippen LogP) is 2.23. The molecule has 1 aromatic carbocycles. The SMILES string of the molecule is CN(CC(F)(F)F)C(=O)COc1nc2ccccc2o1. The summed E-state index contributed by atoms with van der Waals surface area (Å²) in [6, 6.07) is 6.83. The van der Waals surface area contributed by atoms with Crippen LogP contribution in [-0.2, 0) is 4.79 Å². The molecule has 1 amide bonds. The van der Waals surface area contributed by atoms with Crippen molar-refractivity contribution in [2.45, 2.75) is 6.18 Å². The van der Waals surface area contributed by atoms with Crippen LogP contribution in [0.5, 0.6) is 6.08 Å². The smallest absolute Gasteiger partial charge is 0.406 e. The first-order valence-electron chi connectivity index (χ1n) is 5.64. The maximum absolute atomic E-state index is 12.1. The molecule has 0 aliphatic rings. The number of hydrogen-bond donors (Lipinski definition) is 0. The van der Waals surface area contributed by atoms with Crippen LogP contribution in [0.1, 0.15) is 0 Å². The minimum atomic E-state index is -4.44. The lowest BCUT2D eigenvalue weighted by atomic mass is 10.3. The van der Waals surface area contributed by atoms with E-state index in [2.05, 4.69) is 4.98 Å². The molecule has 108 valence electrons. The van der Waals surface area contributed by atoms with E-state index in [1.54, 1.807) is 24.3 Å². The molecule has 5 nitrogen and oxygen atoms in total. The van der Waals surface area contributed by atoms with Crippen LogP contribution in [0.15, 0.2) is 28.7 Å². The number of benzene rings is 1. The summed E-state index contributed by atoms with van der Waals surface area (Å²) in [6.07, 6.45) is -4.60. The molecule has 0 N–H and O–H groups in total. The van der Waals surface area contributed by atoms with Gasteiger partial charge in [0.2, 0.25) is 0 Å². The molecule has 0 spiro atoms. The van der Waals surface area contributed by atoms with Gasteiger partial charge in [0.15, 0.2) is 12.2 Å². The molecule has 0 fully saturated rings. The van der Waals surface area contributed by atoms with Gasteiger partial charge < -0.3 is 14.1 Å². The number of likely N-dealkylation sites (N-methyl/N-ethyl adjacent to an activating group) is 1. The highest BCUT2D eigenvalue weighted by atomic mass is 19.4. The van der Waals surface area contributed by atoms with E-state index in [1.165, 1.54) is 0 Å². The largest absolute Gasteiger partial charge is 0.440 e. The lowest BCUT2D eigenvalue weighted by Crippen LogP contribution is -2.38. The van der Waals surface area contributed by atoms with E-state index < -0.39 is 25.2 Å². The van der Waals surface area contributed by atoms with Gasteiger partial charge in [-0.15, -0.1) is 0 Å². The molecular formula is C12H11F3N2O3. The normalized spacial score (nSPS) is 11.6. The van der Waals surface area contributed by atoms with Gasteiger partial charge in [-0.25, -0.2) is 0 Å². The highest BCUT2D eigenvalue weighted by molar-refractivity contribution is 5.77. The molecule has 2 rings (SSSR count). The maximum atomic E-state index is 12.1. The van der Waals surface area contributed by atoms with Crippen molar-refractivity contribution in [2.24, 2.45) is 0 Å². The Morgan fingerprint density at radius 1 is 1.40 bits per heavy atom. The third kappa shape index (κ3) is 3.62. The monoisotopic (exact) mass is 288 g/mol. The van der Waals surface area contributed by atoms with Crippen LogP contribution in [0, 0.1) is 0 Å². The topological polar surface area (TPSA) is 55.6 Å². The van der Waals surface area contributed by atoms with Gasteiger partial charge in [0, 0.05) is 7.05 Å². The summed E-state index contributed by atoms with van der Waals surface area (Å²) in [7, 11) is 1.05. The van der Waals surface area contributed by atoms with E-state index in [1.807, 2.05) is 0 Å². The average Bonchev–Trinajstić information content (AvgIpc) is 2.76. The van der Waals surface area contributed by atoms with Crippen LogP contribution in [0.2, 0.25) is 0 Å². The van der Waals surface area contributed by atoms with Gasteiger partial charge in [0.05, 0.1) is 0 Å². The van der Waals surface area contributed by atoms with Gasteiger partial charge in [-0.3, -0.25) is 4.79 Å². The van der Waals surface area contributed by atoms with Gasteiger partial charge in [-0.1, -0.05) is 12.1 Å². The Hall–Kier alpha value is -2.25. The van der Waals surface area contributed by atoms with Crippen LogP contribution >= 0.6 is 0 Å². The fraction of sp³-hybridized carbons (Fsp3) is 0.333. The Morgan fingerprint density at radius 3 is 2.75 bits per heavy atom. The second kappa shape index (κ2) is 5.40. The molecule has 0 bridgehead atoms. The van der Waals surface area contributed by atoms with E-state index in [9.17, 15) is 18.0 Å². The summed E-state index contributed by atoms with van der Waals surface area (Å²) < 4.78 is 46.4. The Labute approximate surface area is 111 Å². The molecule has 20 heavy (non-hydrogen) atoms. The lowest BCUT2D eigenvalue weighted by molar-refractivity contribution is -0.159. The van der Waals surface area contributed by atoms with Gasteiger partial charge in [0.1, 0.15) is 12.1 Å². The van der Waals surface area contributed by atoms with Crippen LogP contribution in [0.3, 0.4) is 0 Å². The van der Waals surface area contributed by atoms with Gasteiger partial charge in [-0.05, 0) is 12.1 Å². The van der Waals surface area contributed by atoms with Crippen molar-refractivity contribution in [3.05, 3.63) is 24.3 Å². The summed E-state index contributed by atoms with van der Waals surface area (Å²) in [5.74, 6) is -0.815. The molecule has 0 aliphatic carbocycles. The Morgan fingerprint density at radius 2 is 2.10 bits per heavy atom. The number of aromatic nitrogens is 1. The molecule has 0 saturated heterocycles. The van der Waals surface area contributed by atoms with Crippen molar-refractivity contribution in [3.8, 4) is 6.08 Å². The van der Waals surface area contributed by atoms with E-state index in [4.69, 9.17) is 9.15 Å². The van der Waals surface area contributed by atoms with Crippen molar-refractivity contribution in [1.82, 2.24) is 9.88 Å². The molecular weight excluding hydrogens is 277 g/mol. The molecule has 8 heteroatoms. The van der Waals surface area contributed by atoms with E-state index in [0.717, 1.165) is 7.05 Å². The summed E-state index contributed by atoms with van der Waals surface area (Å²) >= 11 is 0. The summed E-state index contributed by atoms with van der Waals surface area (Å²) in [6.45, 7) is -1.90. The van der Waals surface area contributed by atoms with E-state index in [0.29, 0.717) is 16.0 Å². The Balaban J connectivity index is 1.93. The number of oxazole rings is 1. The van der Waals surface area contributed by atoms with Crippen LogP contribution in [-0.4, -0.2) is 42.2 Å². The molecule has 1 aromatic heterocycles. The highest BCUT2D eigenvalue weighted by Gasteiger charge is 2.31. The number of halogens is 3. The molecule has 0 saturated carbocycles. The summed E-state index contributed by atoms with van der Waals surface area (Å²) in [4.78, 5) is 15.9. The van der Waals surface area contributed by atoms with Gasteiger partial charge in [0.25, 0.3) is 5.91 Å². The minimum absolute atomic E-state index is 0.153. The second-order valence-electron chi connectivity index (χ2n) is 4.10. The van der Waals surface area contributed by atoms with Gasteiger partial charge in [-0.2, -0.15) is 18.2 Å². The number of para-hydroxylation sites is 2. The number of nitrogens with zero attached hydrogens (tertiary/aromatic N) is 2. The third-order valence-electron chi connectivity index (χ3n) is 2.44. The zero-order valence-electron chi connectivity index (χ0n) is 10.5. The molecule has 1 heterocycles. The minimum Gasteiger partial charge on any atom is -0.440 e. The summed E-state index contributed by atoms with van der Waals surface area (Å²) in [5, 5.41) is 0. The van der Waals surface area contributed by atoms with Crippen molar-refractivity contribution < 1.29 is 27.1 Å². The number of alkyl halides is 3. The number of rotatable bonds is 4. The number of ether oxygens (including phenoxy) is 1. The van der Waals surface area contributed by atoms with Crippen molar-refractivity contribution in [3.63, 3.8) is 0 Å². The first kappa shape index (κ1) is 14.2. The Bertz CT molecular complexity index is 576. The van der Waals surface area contributed by atoms with Crippen LogP contribution in [0.25, 0.3) is 11.1 Å². The van der Waals surface area contributed by atoms with E-state index in [-0.39, 0.29) is 6.08 Å². The van der Waals surface area contributed by atoms with Crippen molar-refractivity contribution in [1.29, 1.82) is 0 Å². The van der Waals surface area contributed by atoms with Crippen LogP contribution in [0.4, 0.5) is 13.2 Å². The fourth-order valence-electron chi connectivity index (χ4n) is 1.50. The molecule has 0 unspecified atom stereocenters. The first-order valence-corrected chi connectivity index (χ1v) is 5.64. The zero-order chi connectivity index (χ0) is 14.8. The zero-order valence-corrected chi connectivity index (χ0v) is 10.5. The number of fused-ring (bicyclic) bond motifs is 1. The highest BCUT2D eigenvalue weighted by Crippen LogP contribution is 2.20. The standard InChI is InChI=1S/C12H11F3N2O3/c1-17(7-12(13,14)15)10(18)6-19-11-16-8-4-2-3-5-9(8)20-11/h2-5H,6-7H2,1H3. The fourth-order valence-corrected chi connectivity index (χ4v) is 1.50. The lowest BCUT2D eigenvalue weighted by Gasteiger charge is -2.18. The second-order valence-corrected chi connectivity index (χ2v) is 4.10. The van der Waals surface area contributed by atoms with Crippen molar-refractivity contribution >= 4 is 17.0 Å². The molecule has 2 aromatic rings. The first-order chi connectivity index (χ1) is 9.35. The predicted molar refractivity (Wildman–Crippen MR) is 63.2 cm³/mol. The number of amides is 1. The molecule has 0 atom stereocenters. The van der Waals surface area contributed by atoms with E-state index >= 15 is 0 Å². The van der Waals surface area contributed by atoms with Crippen molar-refractivity contribution in [2.75, 3.05) is 20.2 Å². The van der Waals surface area contributed by atoms with Crippen LogP contribution < -0.4 is 4.74 Å². The summed E-state index contributed by atoms with van der Waals surface area (Å²) in [5.41, 5.74) is 1.01.